The van der Waals surface area contributed by atoms with Crippen LogP contribution in [-0.2, 0) is 9.47 Å². The maximum Gasteiger partial charge on any atom is 0.157 e. The van der Waals surface area contributed by atoms with E-state index in [2.05, 4.69) is 20.8 Å². The molecule has 2 nitrogen and oxygen atoms in total. The van der Waals surface area contributed by atoms with Crippen molar-refractivity contribution in [3.63, 3.8) is 0 Å². The molecule has 0 spiro atoms. The molecule has 0 unspecified atom stereocenters. The van der Waals surface area contributed by atoms with Gasteiger partial charge in [-0.2, -0.15) is 0 Å². The van der Waals surface area contributed by atoms with Gasteiger partial charge in [0.25, 0.3) is 0 Å². The second kappa shape index (κ2) is 8.93. The van der Waals surface area contributed by atoms with Crippen molar-refractivity contribution in [3.8, 4) is 0 Å². The van der Waals surface area contributed by atoms with E-state index in [9.17, 15) is 0 Å². The van der Waals surface area contributed by atoms with Crippen molar-refractivity contribution in [1.82, 2.24) is 0 Å². The Morgan fingerprint density at radius 2 is 1.76 bits per heavy atom. The van der Waals surface area contributed by atoms with Gasteiger partial charge < -0.3 is 9.47 Å². The Labute approximate surface area is 107 Å². The Morgan fingerprint density at radius 3 is 2.41 bits per heavy atom. The van der Waals surface area contributed by atoms with Gasteiger partial charge in [-0.15, -0.1) is 0 Å². The van der Waals surface area contributed by atoms with Gasteiger partial charge in [-0.05, 0) is 25.7 Å². The van der Waals surface area contributed by atoms with Crippen LogP contribution in [0, 0.1) is 5.92 Å². The zero-order chi connectivity index (χ0) is 12.5. The Balaban J connectivity index is 2.24. The van der Waals surface area contributed by atoms with Gasteiger partial charge in [-0.25, -0.2) is 0 Å². The van der Waals surface area contributed by atoms with Crippen LogP contribution in [-0.4, -0.2) is 19.0 Å². The quantitative estimate of drug-likeness (QED) is 0.582. The minimum atomic E-state index is 0.0752. The molecule has 0 aromatic carbocycles. The molecular weight excluding hydrogens is 212 g/mol. The zero-order valence-electron chi connectivity index (χ0n) is 11.9. The normalized spacial score (nSPS) is 29.5. The summed E-state index contributed by atoms with van der Waals surface area (Å²) in [5.41, 5.74) is 0. The van der Waals surface area contributed by atoms with Crippen LogP contribution >= 0.6 is 0 Å². The molecule has 0 saturated carbocycles. The third kappa shape index (κ3) is 5.39. The number of unbranched alkanes of at least 4 members (excludes halogenated alkanes) is 3. The van der Waals surface area contributed by atoms with Crippen molar-refractivity contribution < 1.29 is 9.47 Å². The largest absolute Gasteiger partial charge is 0.352 e. The molecule has 102 valence electrons. The molecule has 3 atom stereocenters. The summed E-state index contributed by atoms with van der Waals surface area (Å²) in [5, 5.41) is 0. The minimum Gasteiger partial charge on any atom is -0.352 e. The summed E-state index contributed by atoms with van der Waals surface area (Å²) in [4.78, 5) is 0. The van der Waals surface area contributed by atoms with E-state index in [1.54, 1.807) is 0 Å². The standard InChI is InChI=1S/C15H30O2/c1-4-7-8-9-11-15-16-12-13(6-3)14(17-15)10-5-2/h13-15H,4-12H2,1-3H3/t13-,14-,15-/m0/s1. The maximum absolute atomic E-state index is 6.09. The van der Waals surface area contributed by atoms with E-state index < -0.39 is 0 Å². The van der Waals surface area contributed by atoms with Crippen LogP contribution in [0.15, 0.2) is 0 Å². The lowest BCUT2D eigenvalue weighted by Gasteiger charge is -2.36. The number of hydrogen-bond acceptors (Lipinski definition) is 2. The molecule has 0 N–H and O–H groups in total. The summed E-state index contributed by atoms with van der Waals surface area (Å²) >= 11 is 0. The molecule has 2 heteroatoms. The average Bonchev–Trinajstić information content (AvgIpc) is 2.35. The van der Waals surface area contributed by atoms with Crippen LogP contribution in [0.3, 0.4) is 0 Å². The topological polar surface area (TPSA) is 18.5 Å². The lowest BCUT2D eigenvalue weighted by molar-refractivity contribution is -0.240. The first kappa shape index (κ1) is 15.0. The summed E-state index contributed by atoms with van der Waals surface area (Å²) in [5.74, 6) is 0.613. The summed E-state index contributed by atoms with van der Waals surface area (Å²) in [6.07, 6.45) is 10.4. The van der Waals surface area contributed by atoms with Crippen LogP contribution in [0.1, 0.15) is 72.1 Å². The molecule has 0 bridgehead atoms. The second-order valence-corrected chi connectivity index (χ2v) is 5.24. The van der Waals surface area contributed by atoms with Crippen molar-refractivity contribution in [2.24, 2.45) is 5.92 Å². The summed E-state index contributed by atoms with van der Waals surface area (Å²) in [6, 6.07) is 0. The van der Waals surface area contributed by atoms with Gasteiger partial charge >= 0.3 is 0 Å². The van der Waals surface area contributed by atoms with Crippen molar-refractivity contribution in [3.05, 3.63) is 0 Å². The van der Waals surface area contributed by atoms with Crippen LogP contribution in [0.2, 0.25) is 0 Å². The van der Waals surface area contributed by atoms with Crippen LogP contribution < -0.4 is 0 Å². The van der Waals surface area contributed by atoms with E-state index in [-0.39, 0.29) is 6.29 Å². The van der Waals surface area contributed by atoms with Crippen LogP contribution in [0.25, 0.3) is 0 Å². The van der Waals surface area contributed by atoms with Gasteiger partial charge in [0.2, 0.25) is 0 Å². The lowest BCUT2D eigenvalue weighted by Crippen LogP contribution is -2.39. The SMILES string of the molecule is CCCCCC[C@H]1OC[C@H](CC)[C@H](CCC)O1. The first-order valence-electron chi connectivity index (χ1n) is 7.58. The molecule has 17 heavy (non-hydrogen) atoms. The fraction of sp³-hybridized carbons (Fsp3) is 1.00. The van der Waals surface area contributed by atoms with Gasteiger partial charge in [0, 0.05) is 5.92 Å². The van der Waals surface area contributed by atoms with Crippen LogP contribution in [0.5, 0.6) is 0 Å². The molecule has 1 heterocycles. The highest BCUT2D eigenvalue weighted by atomic mass is 16.7. The molecule has 0 amide bonds. The molecule has 1 fully saturated rings. The number of rotatable bonds is 8. The van der Waals surface area contributed by atoms with Gasteiger partial charge in [0.1, 0.15) is 0 Å². The van der Waals surface area contributed by atoms with E-state index in [1.807, 2.05) is 0 Å². The highest BCUT2D eigenvalue weighted by Gasteiger charge is 2.29. The smallest absolute Gasteiger partial charge is 0.157 e. The fourth-order valence-corrected chi connectivity index (χ4v) is 2.54. The third-order valence-electron chi connectivity index (χ3n) is 3.74. The number of ether oxygens (including phenoxy) is 2. The van der Waals surface area contributed by atoms with Gasteiger partial charge in [-0.3, -0.25) is 0 Å². The van der Waals surface area contributed by atoms with E-state index in [4.69, 9.17) is 9.47 Å². The fourth-order valence-electron chi connectivity index (χ4n) is 2.54. The first-order chi connectivity index (χ1) is 8.31. The third-order valence-corrected chi connectivity index (χ3v) is 3.74. The predicted octanol–water partition coefficient (Wildman–Crippen LogP) is 4.52. The minimum absolute atomic E-state index is 0.0752. The molecule has 1 rings (SSSR count). The maximum atomic E-state index is 6.09. The lowest BCUT2D eigenvalue weighted by atomic mass is 9.95. The monoisotopic (exact) mass is 242 g/mol. The Hall–Kier alpha value is -0.0800. The molecule has 0 aromatic heterocycles. The highest BCUT2D eigenvalue weighted by Crippen LogP contribution is 2.27. The highest BCUT2D eigenvalue weighted by molar-refractivity contribution is 4.73. The van der Waals surface area contributed by atoms with Gasteiger partial charge in [0.05, 0.1) is 12.7 Å². The second-order valence-electron chi connectivity index (χ2n) is 5.24. The molecular formula is C15H30O2. The molecule has 0 aliphatic carbocycles. The van der Waals surface area contributed by atoms with Crippen molar-refractivity contribution >= 4 is 0 Å². The summed E-state index contributed by atoms with van der Waals surface area (Å²) in [7, 11) is 0. The van der Waals surface area contributed by atoms with E-state index >= 15 is 0 Å². The van der Waals surface area contributed by atoms with Crippen molar-refractivity contribution in [2.75, 3.05) is 6.61 Å². The Bertz CT molecular complexity index is 182. The summed E-state index contributed by atoms with van der Waals surface area (Å²) < 4.78 is 11.9. The molecule has 1 aliphatic heterocycles. The van der Waals surface area contributed by atoms with E-state index in [1.165, 1.54) is 44.9 Å². The van der Waals surface area contributed by atoms with Gasteiger partial charge in [-0.1, -0.05) is 46.5 Å². The van der Waals surface area contributed by atoms with Gasteiger partial charge in [0.15, 0.2) is 6.29 Å². The molecule has 1 aliphatic rings. The predicted molar refractivity (Wildman–Crippen MR) is 72.1 cm³/mol. The first-order valence-corrected chi connectivity index (χ1v) is 7.58. The molecule has 0 radical (unpaired) electrons. The van der Waals surface area contributed by atoms with Crippen molar-refractivity contribution in [2.45, 2.75) is 84.5 Å². The number of hydrogen-bond donors (Lipinski definition) is 0. The van der Waals surface area contributed by atoms with Crippen LogP contribution in [0.4, 0.5) is 0 Å². The molecule has 1 saturated heterocycles. The van der Waals surface area contributed by atoms with Crippen molar-refractivity contribution in [1.29, 1.82) is 0 Å². The molecule has 0 aromatic rings. The average molecular weight is 242 g/mol. The van der Waals surface area contributed by atoms with E-state index in [0.717, 1.165) is 13.0 Å². The van der Waals surface area contributed by atoms with E-state index in [0.29, 0.717) is 12.0 Å². The Morgan fingerprint density at radius 1 is 0.941 bits per heavy atom. The summed E-state index contributed by atoms with van der Waals surface area (Å²) in [6.45, 7) is 7.62. The zero-order valence-corrected chi connectivity index (χ0v) is 11.9. The Kier molecular flexibility index (Phi) is 7.87.